The number of halogens is 2. The van der Waals surface area contributed by atoms with Gasteiger partial charge in [0, 0.05) is 16.1 Å². The summed E-state index contributed by atoms with van der Waals surface area (Å²) in [4.78, 5) is 22.5. The van der Waals surface area contributed by atoms with E-state index in [1.807, 2.05) is 0 Å². The Bertz CT molecular complexity index is 576. The van der Waals surface area contributed by atoms with E-state index in [2.05, 4.69) is 11.2 Å². The molecule has 20 heavy (non-hydrogen) atoms. The van der Waals surface area contributed by atoms with Gasteiger partial charge in [0.25, 0.3) is 5.91 Å². The molecule has 0 saturated carbocycles. The molecule has 1 aromatic carbocycles. The Hall–Kier alpha value is -1.96. The molecule has 0 aliphatic heterocycles. The van der Waals surface area contributed by atoms with Crippen LogP contribution in [0.15, 0.2) is 24.3 Å². The number of hydrogen-bond acceptors (Lipinski definition) is 3. The van der Waals surface area contributed by atoms with Gasteiger partial charge in [0.2, 0.25) is 0 Å². The third-order valence-corrected chi connectivity index (χ3v) is 2.66. The summed E-state index contributed by atoms with van der Waals surface area (Å²) in [6.45, 7) is -0.300. The summed E-state index contributed by atoms with van der Waals surface area (Å²) in [7, 11) is 0. The van der Waals surface area contributed by atoms with E-state index in [1.165, 1.54) is 12.2 Å². The van der Waals surface area contributed by atoms with Crippen molar-refractivity contribution >= 4 is 41.2 Å². The number of rotatable bonds is 5. The Morgan fingerprint density at radius 3 is 2.80 bits per heavy atom. The largest absolute Gasteiger partial charge is 0.452 e. The van der Waals surface area contributed by atoms with Gasteiger partial charge in [-0.15, -0.1) is 6.42 Å². The average Bonchev–Trinajstić information content (AvgIpc) is 2.41. The molecule has 1 aromatic rings. The fourth-order valence-corrected chi connectivity index (χ4v) is 1.65. The van der Waals surface area contributed by atoms with Crippen LogP contribution in [0.1, 0.15) is 5.56 Å². The zero-order valence-electron chi connectivity index (χ0n) is 10.4. The first-order chi connectivity index (χ1) is 9.52. The van der Waals surface area contributed by atoms with Crippen LogP contribution in [0, 0.1) is 12.3 Å². The van der Waals surface area contributed by atoms with Crippen molar-refractivity contribution in [2.45, 2.75) is 0 Å². The van der Waals surface area contributed by atoms with Crippen molar-refractivity contribution in [1.29, 1.82) is 0 Å². The maximum atomic E-state index is 11.4. The quantitative estimate of drug-likeness (QED) is 0.516. The van der Waals surface area contributed by atoms with Crippen LogP contribution in [0.2, 0.25) is 10.0 Å². The highest BCUT2D eigenvalue weighted by atomic mass is 35.5. The molecule has 1 rings (SSSR count). The fourth-order valence-electron chi connectivity index (χ4n) is 1.18. The van der Waals surface area contributed by atoms with E-state index in [4.69, 9.17) is 34.4 Å². The van der Waals surface area contributed by atoms with Gasteiger partial charge in [-0.2, -0.15) is 0 Å². The lowest BCUT2D eigenvalue weighted by molar-refractivity contribution is -0.143. The number of terminal acetylenes is 1. The molecule has 0 unspecified atom stereocenters. The number of nitrogens with one attached hydrogen (secondary N) is 1. The van der Waals surface area contributed by atoms with Crippen molar-refractivity contribution < 1.29 is 14.3 Å². The smallest absolute Gasteiger partial charge is 0.331 e. The van der Waals surface area contributed by atoms with E-state index in [1.54, 1.807) is 18.2 Å². The minimum absolute atomic E-state index is 0.0899. The molecular weight excluding hydrogens is 301 g/mol. The number of carbonyl (C=O) groups is 2. The lowest BCUT2D eigenvalue weighted by Crippen LogP contribution is -2.28. The Labute approximate surface area is 126 Å². The van der Waals surface area contributed by atoms with Crippen LogP contribution >= 0.6 is 23.2 Å². The Balaban J connectivity index is 2.48. The molecule has 1 amide bonds. The average molecular weight is 312 g/mol. The summed E-state index contributed by atoms with van der Waals surface area (Å²) in [5.74, 6) is 1.11. The van der Waals surface area contributed by atoms with Gasteiger partial charge < -0.3 is 10.1 Å². The van der Waals surface area contributed by atoms with Gasteiger partial charge in [-0.25, -0.2) is 4.79 Å². The lowest BCUT2D eigenvalue weighted by atomic mass is 10.2. The molecule has 0 aliphatic carbocycles. The van der Waals surface area contributed by atoms with E-state index in [-0.39, 0.29) is 13.2 Å². The van der Waals surface area contributed by atoms with E-state index < -0.39 is 11.9 Å². The minimum Gasteiger partial charge on any atom is -0.452 e. The Kier molecular flexibility index (Phi) is 6.65. The van der Waals surface area contributed by atoms with Crippen LogP contribution in [0.5, 0.6) is 0 Å². The minimum atomic E-state index is -0.660. The number of carbonyl (C=O) groups excluding carboxylic acids is 2. The molecule has 0 radical (unpaired) electrons. The van der Waals surface area contributed by atoms with Crippen LogP contribution in [-0.2, 0) is 14.3 Å². The number of benzene rings is 1. The fraction of sp³-hybridized carbons (Fsp3) is 0.143. The van der Waals surface area contributed by atoms with E-state index in [0.29, 0.717) is 15.6 Å². The summed E-state index contributed by atoms with van der Waals surface area (Å²) in [6.07, 6.45) is 7.61. The van der Waals surface area contributed by atoms with Gasteiger partial charge >= 0.3 is 5.97 Å². The van der Waals surface area contributed by atoms with Crippen molar-refractivity contribution in [3.8, 4) is 12.3 Å². The monoisotopic (exact) mass is 311 g/mol. The molecule has 0 aromatic heterocycles. The van der Waals surface area contributed by atoms with E-state index in [9.17, 15) is 9.59 Å². The summed E-state index contributed by atoms with van der Waals surface area (Å²) >= 11 is 11.7. The Morgan fingerprint density at radius 2 is 2.15 bits per heavy atom. The summed E-state index contributed by atoms with van der Waals surface area (Å²) < 4.78 is 4.71. The van der Waals surface area contributed by atoms with Crippen LogP contribution in [0.4, 0.5) is 0 Å². The molecule has 104 valence electrons. The topological polar surface area (TPSA) is 55.4 Å². The maximum Gasteiger partial charge on any atom is 0.331 e. The maximum absolute atomic E-state index is 11.4. The van der Waals surface area contributed by atoms with E-state index >= 15 is 0 Å². The van der Waals surface area contributed by atoms with Crippen molar-refractivity contribution in [2.75, 3.05) is 13.2 Å². The zero-order chi connectivity index (χ0) is 15.0. The second kappa shape index (κ2) is 8.26. The second-order valence-electron chi connectivity index (χ2n) is 3.59. The summed E-state index contributed by atoms with van der Waals surface area (Å²) in [5, 5.41) is 3.28. The first kappa shape index (κ1) is 16.1. The van der Waals surface area contributed by atoms with Gasteiger partial charge in [0.1, 0.15) is 0 Å². The van der Waals surface area contributed by atoms with Gasteiger partial charge in [0.15, 0.2) is 6.61 Å². The molecule has 0 spiro atoms. The highest BCUT2D eigenvalue weighted by molar-refractivity contribution is 6.35. The number of hydrogen-bond donors (Lipinski definition) is 1. The van der Waals surface area contributed by atoms with Gasteiger partial charge in [-0.05, 0) is 23.8 Å². The second-order valence-corrected chi connectivity index (χ2v) is 4.43. The molecule has 0 heterocycles. The molecule has 0 aliphatic rings. The molecule has 6 heteroatoms. The van der Waals surface area contributed by atoms with Crippen LogP contribution in [0.25, 0.3) is 6.08 Å². The van der Waals surface area contributed by atoms with Crippen molar-refractivity contribution in [3.63, 3.8) is 0 Å². The van der Waals surface area contributed by atoms with Crippen molar-refractivity contribution in [2.24, 2.45) is 0 Å². The summed E-state index contributed by atoms with van der Waals surface area (Å²) in [5.41, 5.74) is 0.616. The lowest BCUT2D eigenvalue weighted by Gasteiger charge is -2.02. The number of esters is 1. The predicted molar refractivity (Wildman–Crippen MR) is 78.3 cm³/mol. The Morgan fingerprint density at radius 1 is 1.40 bits per heavy atom. The molecule has 0 fully saturated rings. The first-order valence-corrected chi connectivity index (χ1v) is 6.28. The molecule has 1 N–H and O–H groups in total. The molecule has 0 saturated heterocycles. The van der Waals surface area contributed by atoms with Crippen LogP contribution < -0.4 is 5.32 Å². The summed E-state index contributed by atoms with van der Waals surface area (Å²) in [6, 6.07) is 4.86. The third-order valence-electron chi connectivity index (χ3n) is 2.09. The van der Waals surface area contributed by atoms with Crippen LogP contribution in [-0.4, -0.2) is 25.0 Å². The predicted octanol–water partition coefficient (Wildman–Crippen LogP) is 2.30. The molecule has 4 nitrogen and oxygen atoms in total. The third kappa shape index (κ3) is 5.79. The first-order valence-electron chi connectivity index (χ1n) is 5.53. The normalized spacial score (nSPS) is 10.1. The molecule has 0 bridgehead atoms. The van der Waals surface area contributed by atoms with Crippen LogP contribution in [0.3, 0.4) is 0 Å². The van der Waals surface area contributed by atoms with Crippen molar-refractivity contribution in [1.82, 2.24) is 5.32 Å². The number of ether oxygens (including phenoxy) is 1. The number of amides is 1. The van der Waals surface area contributed by atoms with Gasteiger partial charge in [-0.1, -0.05) is 35.2 Å². The highest BCUT2D eigenvalue weighted by Crippen LogP contribution is 2.21. The SMILES string of the molecule is C#CCNC(=O)COC(=O)/C=C/c1ccc(Cl)cc1Cl. The van der Waals surface area contributed by atoms with Crippen molar-refractivity contribution in [3.05, 3.63) is 39.9 Å². The van der Waals surface area contributed by atoms with Gasteiger partial charge in [0.05, 0.1) is 6.54 Å². The molecule has 0 atom stereocenters. The highest BCUT2D eigenvalue weighted by Gasteiger charge is 2.04. The van der Waals surface area contributed by atoms with Gasteiger partial charge in [-0.3, -0.25) is 4.79 Å². The molecular formula is C14H11Cl2NO3. The standard InChI is InChI=1S/C14H11Cl2NO3/c1-2-7-17-13(18)9-20-14(19)6-4-10-3-5-11(15)8-12(10)16/h1,3-6,8H,7,9H2,(H,17,18)/b6-4+. The van der Waals surface area contributed by atoms with E-state index in [0.717, 1.165) is 0 Å². The zero-order valence-corrected chi connectivity index (χ0v) is 11.9.